The molecule has 0 bridgehead atoms. The minimum Gasteiger partial charge on any atom is -0.491 e. The molecule has 1 aliphatic heterocycles. The predicted octanol–water partition coefficient (Wildman–Crippen LogP) is 1.89. The van der Waals surface area contributed by atoms with Crippen molar-refractivity contribution < 1.29 is 9.84 Å². The second-order valence-electron chi connectivity index (χ2n) is 4.37. The number of nitrogens with zero attached hydrogens (tertiary/aromatic N) is 3. The van der Waals surface area contributed by atoms with Crippen LogP contribution in [0.3, 0.4) is 0 Å². The molecule has 5 nitrogen and oxygen atoms in total. The number of hydrogen-bond acceptors (Lipinski definition) is 5. The number of aliphatic hydroxyl groups is 1. The molecule has 2 heterocycles. The highest BCUT2D eigenvalue weighted by Crippen LogP contribution is 2.33. The largest absolute Gasteiger partial charge is 0.491 e. The van der Waals surface area contributed by atoms with Gasteiger partial charge in [0.2, 0.25) is 5.95 Å². The van der Waals surface area contributed by atoms with E-state index in [-0.39, 0.29) is 6.61 Å². The van der Waals surface area contributed by atoms with Crippen LogP contribution in [0.25, 0.3) is 0 Å². The van der Waals surface area contributed by atoms with E-state index in [4.69, 9.17) is 9.84 Å². The van der Waals surface area contributed by atoms with Crippen molar-refractivity contribution in [2.24, 2.45) is 0 Å². The van der Waals surface area contributed by atoms with E-state index in [1.54, 1.807) is 12.4 Å². The number of anilines is 2. The third kappa shape index (κ3) is 2.37. The van der Waals surface area contributed by atoms with E-state index in [1.165, 1.54) is 0 Å². The summed E-state index contributed by atoms with van der Waals surface area (Å²) in [6.07, 6.45) is 4.22. The molecule has 0 aliphatic carbocycles. The summed E-state index contributed by atoms with van der Waals surface area (Å²) in [7, 11) is 0. The molecule has 19 heavy (non-hydrogen) atoms. The van der Waals surface area contributed by atoms with Gasteiger partial charge in [-0.3, -0.25) is 0 Å². The van der Waals surface area contributed by atoms with E-state index in [9.17, 15) is 0 Å². The number of fused-ring (bicyclic) bond motifs is 1. The summed E-state index contributed by atoms with van der Waals surface area (Å²) in [6.45, 7) is 1.47. The number of para-hydroxylation sites is 2. The fourth-order valence-electron chi connectivity index (χ4n) is 2.10. The Morgan fingerprint density at radius 2 is 2.00 bits per heavy atom. The molecule has 0 amide bonds. The van der Waals surface area contributed by atoms with Crippen LogP contribution >= 0.6 is 0 Å². The van der Waals surface area contributed by atoms with Crippen molar-refractivity contribution in [2.75, 3.05) is 18.1 Å². The second-order valence-corrected chi connectivity index (χ2v) is 4.37. The molecule has 2 aromatic rings. The molecule has 0 spiro atoms. The van der Waals surface area contributed by atoms with E-state index >= 15 is 0 Å². The van der Waals surface area contributed by atoms with Gasteiger partial charge >= 0.3 is 0 Å². The lowest BCUT2D eigenvalue weighted by atomic mass is 10.2. The standard InChI is InChI=1S/C14H15N3O2/c18-10-11-8-15-14(16-9-11)17-6-3-7-19-13-5-2-1-4-12(13)17/h1-2,4-5,8-9,18H,3,6-7,10H2. The Morgan fingerprint density at radius 3 is 2.79 bits per heavy atom. The van der Waals surface area contributed by atoms with Crippen LogP contribution in [0, 0.1) is 0 Å². The van der Waals surface area contributed by atoms with E-state index in [0.717, 1.165) is 24.4 Å². The van der Waals surface area contributed by atoms with Gasteiger partial charge in [-0.05, 0) is 18.6 Å². The average Bonchev–Trinajstić information content (AvgIpc) is 2.70. The Morgan fingerprint density at radius 1 is 1.21 bits per heavy atom. The molecule has 0 atom stereocenters. The summed E-state index contributed by atoms with van der Waals surface area (Å²) >= 11 is 0. The topological polar surface area (TPSA) is 58.5 Å². The maximum absolute atomic E-state index is 9.03. The highest BCUT2D eigenvalue weighted by atomic mass is 16.5. The van der Waals surface area contributed by atoms with Gasteiger partial charge in [-0.1, -0.05) is 12.1 Å². The molecule has 0 radical (unpaired) electrons. The smallest absolute Gasteiger partial charge is 0.229 e. The van der Waals surface area contributed by atoms with Crippen LogP contribution in [0.2, 0.25) is 0 Å². The fraction of sp³-hybridized carbons (Fsp3) is 0.286. The van der Waals surface area contributed by atoms with E-state index in [1.807, 2.05) is 29.2 Å². The first-order chi connectivity index (χ1) is 9.38. The van der Waals surface area contributed by atoms with Crippen LogP contribution in [0.5, 0.6) is 5.75 Å². The molecule has 1 aliphatic rings. The Kier molecular flexibility index (Phi) is 3.29. The number of rotatable bonds is 2. The zero-order valence-electron chi connectivity index (χ0n) is 10.5. The highest BCUT2D eigenvalue weighted by Gasteiger charge is 2.19. The van der Waals surface area contributed by atoms with E-state index in [2.05, 4.69) is 9.97 Å². The van der Waals surface area contributed by atoms with Gasteiger partial charge in [0.05, 0.1) is 18.9 Å². The van der Waals surface area contributed by atoms with Crippen molar-refractivity contribution in [1.82, 2.24) is 9.97 Å². The lowest BCUT2D eigenvalue weighted by Gasteiger charge is -2.21. The zero-order chi connectivity index (χ0) is 13.1. The van der Waals surface area contributed by atoms with Crippen LogP contribution in [-0.4, -0.2) is 28.2 Å². The molecule has 0 unspecified atom stereocenters. The molecular weight excluding hydrogens is 242 g/mol. The first-order valence-electron chi connectivity index (χ1n) is 6.29. The summed E-state index contributed by atoms with van der Waals surface area (Å²) in [5.41, 5.74) is 1.69. The molecule has 0 saturated carbocycles. The second kappa shape index (κ2) is 5.24. The lowest BCUT2D eigenvalue weighted by Crippen LogP contribution is -2.20. The van der Waals surface area contributed by atoms with Gasteiger partial charge in [0.1, 0.15) is 5.75 Å². The van der Waals surface area contributed by atoms with Crippen molar-refractivity contribution in [1.29, 1.82) is 0 Å². The van der Waals surface area contributed by atoms with Crippen molar-refractivity contribution in [2.45, 2.75) is 13.0 Å². The van der Waals surface area contributed by atoms with Gasteiger partial charge in [-0.25, -0.2) is 9.97 Å². The molecular formula is C14H15N3O2. The summed E-state index contributed by atoms with van der Waals surface area (Å²) < 4.78 is 5.71. The van der Waals surface area contributed by atoms with Crippen molar-refractivity contribution in [3.05, 3.63) is 42.2 Å². The Labute approximate surface area is 111 Å². The van der Waals surface area contributed by atoms with Gasteiger partial charge in [0, 0.05) is 24.5 Å². The minimum atomic E-state index is -0.0417. The molecule has 1 aromatic heterocycles. The number of hydrogen-bond donors (Lipinski definition) is 1. The predicted molar refractivity (Wildman–Crippen MR) is 71.5 cm³/mol. The number of ether oxygens (including phenoxy) is 1. The van der Waals surface area contributed by atoms with Gasteiger partial charge in [0.25, 0.3) is 0 Å². The van der Waals surface area contributed by atoms with E-state index in [0.29, 0.717) is 18.1 Å². The molecule has 0 saturated heterocycles. The monoisotopic (exact) mass is 257 g/mol. The van der Waals surface area contributed by atoms with E-state index < -0.39 is 0 Å². The lowest BCUT2D eigenvalue weighted by molar-refractivity contribution is 0.281. The van der Waals surface area contributed by atoms with Crippen LogP contribution in [0.15, 0.2) is 36.7 Å². The van der Waals surface area contributed by atoms with Crippen molar-refractivity contribution in [3.63, 3.8) is 0 Å². The number of benzene rings is 1. The van der Waals surface area contributed by atoms with Gasteiger partial charge in [0.15, 0.2) is 0 Å². The SMILES string of the molecule is OCc1cnc(N2CCCOc3ccccc32)nc1. The normalized spacial score (nSPS) is 14.5. The molecule has 5 heteroatoms. The van der Waals surface area contributed by atoms with Crippen LogP contribution < -0.4 is 9.64 Å². The molecule has 0 fully saturated rings. The maximum atomic E-state index is 9.03. The first-order valence-corrected chi connectivity index (χ1v) is 6.29. The van der Waals surface area contributed by atoms with Crippen molar-refractivity contribution in [3.8, 4) is 5.75 Å². The average molecular weight is 257 g/mol. The molecule has 98 valence electrons. The maximum Gasteiger partial charge on any atom is 0.229 e. The van der Waals surface area contributed by atoms with Crippen LogP contribution in [0.1, 0.15) is 12.0 Å². The summed E-state index contributed by atoms with van der Waals surface area (Å²) in [5, 5.41) is 9.03. The van der Waals surface area contributed by atoms with Gasteiger partial charge in [-0.2, -0.15) is 0 Å². The minimum absolute atomic E-state index is 0.0417. The van der Waals surface area contributed by atoms with Gasteiger partial charge < -0.3 is 14.7 Å². The third-order valence-corrected chi connectivity index (χ3v) is 3.06. The third-order valence-electron chi connectivity index (χ3n) is 3.06. The zero-order valence-corrected chi connectivity index (χ0v) is 10.5. The summed E-state index contributed by atoms with van der Waals surface area (Å²) in [6, 6.07) is 7.89. The Bertz CT molecular complexity index is 557. The van der Waals surface area contributed by atoms with Gasteiger partial charge in [-0.15, -0.1) is 0 Å². The number of aromatic nitrogens is 2. The van der Waals surface area contributed by atoms with Crippen LogP contribution in [0.4, 0.5) is 11.6 Å². The summed E-state index contributed by atoms with van der Waals surface area (Å²) in [4.78, 5) is 10.7. The molecule has 1 aromatic carbocycles. The molecule has 1 N–H and O–H groups in total. The quantitative estimate of drug-likeness (QED) is 0.890. The number of aliphatic hydroxyl groups excluding tert-OH is 1. The highest BCUT2D eigenvalue weighted by molar-refractivity contribution is 5.65. The Balaban J connectivity index is 1.99. The Hall–Kier alpha value is -2.14. The fourth-order valence-corrected chi connectivity index (χ4v) is 2.10. The molecule has 3 rings (SSSR count). The van der Waals surface area contributed by atoms with Crippen LogP contribution in [-0.2, 0) is 6.61 Å². The summed E-state index contributed by atoms with van der Waals surface area (Å²) in [5.74, 6) is 1.49. The van der Waals surface area contributed by atoms with Crippen molar-refractivity contribution >= 4 is 11.6 Å². The first kappa shape index (κ1) is 11.9.